The number of rotatable bonds is 3. The molecule has 0 aliphatic carbocycles. The van der Waals surface area contributed by atoms with Crippen LogP contribution in [0.15, 0.2) is 53.7 Å². The largest absolute Gasteiger partial charge is 0.254 e. The van der Waals surface area contributed by atoms with Crippen LogP contribution >= 0.6 is 0 Å². The van der Waals surface area contributed by atoms with E-state index in [1.807, 2.05) is 33.8 Å². The maximum Gasteiger partial charge on any atom is 0.0699 e. The average molecular weight is 229 g/mol. The number of nitrogens with zero attached hydrogens (tertiary/aromatic N) is 1. The van der Waals surface area contributed by atoms with E-state index in [1.165, 1.54) is 5.56 Å². The minimum atomic E-state index is 0.922. The van der Waals surface area contributed by atoms with E-state index in [9.17, 15) is 0 Å². The number of hydrogen-bond acceptors (Lipinski definition) is 1. The van der Waals surface area contributed by atoms with Gasteiger partial charge in [0.05, 0.1) is 5.71 Å². The molecule has 0 radical (unpaired) electrons. The number of allylic oxidation sites excluding steroid dienone is 3. The highest BCUT2D eigenvalue weighted by Gasteiger charge is 1.98. The molecule has 0 bridgehead atoms. The molecule has 1 heteroatoms. The van der Waals surface area contributed by atoms with E-state index in [0.29, 0.717) is 0 Å². The Bertz CT molecular complexity index is 394. The topological polar surface area (TPSA) is 12.4 Å². The molecule has 0 heterocycles. The van der Waals surface area contributed by atoms with Crippen molar-refractivity contribution in [1.82, 2.24) is 0 Å². The summed E-state index contributed by atoms with van der Waals surface area (Å²) in [5.74, 6) is 0. The smallest absolute Gasteiger partial charge is 0.0699 e. The van der Waals surface area contributed by atoms with Gasteiger partial charge in [-0.05, 0) is 26.8 Å². The van der Waals surface area contributed by atoms with E-state index in [1.54, 1.807) is 6.08 Å². The summed E-state index contributed by atoms with van der Waals surface area (Å²) < 4.78 is 0. The lowest BCUT2D eigenvalue weighted by Gasteiger charge is -2.02. The Morgan fingerprint density at radius 1 is 1.18 bits per heavy atom. The first-order chi connectivity index (χ1) is 8.17. The van der Waals surface area contributed by atoms with Crippen LogP contribution in [0.2, 0.25) is 0 Å². The Kier molecular flexibility index (Phi) is 7.70. The maximum atomic E-state index is 4.47. The van der Waals surface area contributed by atoms with Gasteiger partial charge in [0.15, 0.2) is 0 Å². The summed E-state index contributed by atoms with van der Waals surface area (Å²) in [5.41, 5.74) is 4.29. The number of aryl methyl sites for hydroxylation is 1. The molecule has 0 amide bonds. The predicted molar refractivity (Wildman–Crippen MR) is 78.7 cm³/mol. The van der Waals surface area contributed by atoms with Crippen LogP contribution in [0.1, 0.15) is 38.8 Å². The lowest BCUT2D eigenvalue weighted by molar-refractivity contribution is 1.28. The highest BCUT2D eigenvalue weighted by atomic mass is 14.7. The summed E-state index contributed by atoms with van der Waals surface area (Å²) >= 11 is 0. The van der Waals surface area contributed by atoms with Crippen LogP contribution in [0.5, 0.6) is 0 Å². The van der Waals surface area contributed by atoms with Gasteiger partial charge in [0.25, 0.3) is 0 Å². The van der Waals surface area contributed by atoms with Crippen molar-refractivity contribution >= 4 is 5.71 Å². The predicted octanol–water partition coefficient (Wildman–Crippen LogP) is 4.92. The van der Waals surface area contributed by atoms with Gasteiger partial charge >= 0.3 is 0 Å². The average Bonchev–Trinajstić information content (AvgIpc) is 2.39. The summed E-state index contributed by atoms with van der Waals surface area (Å²) in [6.07, 6.45) is 3.77. The fourth-order valence-electron chi connectivity index (χ4n) is 1.21. The first kappa shape index (κ1) is 15.4. The van der Waals surface area contributed by atoms with E-state index >= 15 is 0 Å². The summed E-state index contributed by atoms with van der Waals surface area (Å²) in [4.78, 5) is 4.47. The first-order valence-corrected chi connectivity index (χ1v) is 6.08. The fraction of sp³-hybridized carbons (Fsp3) is 0.312. The summed E-state index contributed by atoms with van der Waals surface area (Å²) in [6, 6.07) is 8.30. The van der Waals surface area contributed by atoms with Crippen molar-refractivity contribution in [2.24, 2.45) is 4.99 Å². The van der Waals surface area contributed by atoms with Gasteiger partial charge in [-0.15, -0.1) is 0 Å². The van der Waals surface area contributed by atoms with Gasteiger partial charge in [-0.3, -0.25) is 4.99 Å². The molecule has 1 rings (SSSR count). The zero-order chi connectivity index (χ0) is 13.3. The van der Waals surface area contributed by atoms with Gasteiger partial charge in [-0.25, -0.2) is 0 Å². The normalized spacial score (nSPS) is 11.6. The second-order valence-corrected chi connectivity index (χ2v) is 3.50. The molecule has 92 valence electrons. The van der Waals surface area contributed by atoms with Crippen molar-refractivity contribution in [2.45, 2.75) is 34.6 Å². The van der Waals surface area contributed by atoms with Gasteiger partial charge in [0, 0.05) is 11.3 Å². The quantitative estimate of drug-likeness (QED) is 0.652. The fourth-order valence-corrected chi connectivity index (χ4v) is 1.21. The minimum absolute atomic E-state index is 0.922. The summed E-state index contributed by atoms with van der Waals surface area (Å²) in [5, 5.41) is 0. The molecule has 0 atom stereocenters. The Morgan fingerprint density at radius 3 is 2.12 bits per heavy atom. The third-order valence-electron chi connectivity index (χ3n) is 2.26. The Morgan fingerprint density at radius 2 is 1.71 bits per heavy atom. The van der Waals surface area contributed by atoms with Crippen LogP contribution in [0.3, 0.4) is 0 Å². The van der Waals surface area contributed by atoms with Gasteiger partial charge in [0.1, 0.15) is 0 Å². The lowest BCUT2D eigenvalue weighted by atomic mass is 10.1. The number of benzene rings is 1. The molecule has 1 nitrogen and oxygen atoms in total. The SMILES string of the molecule is C=CC(=N/C(C)=C\C)c1ccc(C)cc1.CC. The van der Waals surface area contributed by atoms with Crippen molar-refractivity contribution in [3.63, 3.8) is 0 Å². The van der Waals surface area contributed by atoms with Gasteiger partial charge in [0.2, 0.25) is 0 Å². The first-order valence-electron chi connectivity index (χ1n) is 6.08. The maximum absolute atomic E-state index is 4.47. The van der Waals surface area contributed by atoms with Crippen LogP contribution < -0.4 is 0 Å². The molecule has 0 fully saturated rings. The molecule has 1 aromatic carbocycles. The number of hydrogen-bond donors (Lipinski definition) is 0. The zero-order valence-corrected chi connectivity index (χ0v) is 11.6. The molecule has 0 aliphatic rings. The third-order valence-corrected chi connectivity index (χ3v) is 2.26. The van der Waals surface area contributed by atoms with E-state index in [2.05, 4.69) is 42.8 Å². The van der Waals surface area contributed by atoms with E-state index in [4.69, 9.17) is 0 Å². The molecule has 0 spiro atoms. The van der Waals surface area contributed by atoms with Crippen LogP contribution in [0.4, 0.5) is 0 Å². The zero-order valence-electron chi connectivity index (χ0n) is 11.6. The summed E-state index contributed by atoms with van der Waals surface area (Å²) in [6.45, 7) is 13.8. The molecule has 0 N–H and O–H groups in total. The lowest BCUT2D eigenvalue weighted by Crippen LogP contribution is -1.96. The van der Waals surface area contributed by atoms with Crippen LogP contribution in [0, 0.1) is 6.92 Å². The molecule has 0 unspecified atom stereocenters. The standard InChI is InChI=1S/C14H17N.C2H6/c1-5-12(4)15-14(6-2)13-9-7-11(3)8-10-13;1-2/h5-10H,2H2,1,3-4H3;1-2H3/b12-5-,15-14?;. The van der Waals surface area contributed by atoms with E-state index in [-0.39, 0.29) is 0 Å². The van der Waals surface area contributed by atoms with Gasteiger partial charge in [-0.2, -0.15) is 0 Å². The highest BCUT2D eigenvalue weighted by Crippen LogP contribution is 2.08. The second-order valence-electron chi connectivity index (χ2n) is 3.50. The van der Waals surface area contributed by atoms with Crippen molar-refractivity contribution in [1.29, 1.82) is 0 Å². The van der Waals surface area contributed by atoms with Crippen molar-refractivity contribution in [3.05, 3.63) is 59.8 Å². The van der Waals surface area contributed by atoms with Crippen LogP contribution in [-0.4, -0.2) is 5.71 Å². The third kappa shape index (κ3) is 5.30. The Labute approximate surface area is 106 Å². The monoisotopic (exact) mass is 229 g/mol. The molecule has 0 aromatic heterocycles. The van der Waals surface area contributed by atoms with E-state index < -0.39 is 0 Å². The molecular weight excluding hydrogens is 206 g/mol. The number of aliphatic imine (C=N–C) groups is 1. The Balaban J connectivity index is 0.00000121. The molecule has 0 saturated carbocycles. The van der Waals surface area contributed by atoms with Gasteiger partial charge in [-0.1, -0.05) is 56.3 Å². The van der Waals surface area contributed by atoms with Crippen molar-refractivity contribution in [3.8, 4) is 0 Å². The molecule has 17 heavy (non-hydrogen) atoms. The van der Waals surface area contributed by atoms with E-state index in [0.717, 1.165) is 17.0 Å². The minimum Gasteiger partial charge on any atom is -0.254 e. The second kappa shape index (κ2) is 8.51. The molecular formula is C16H23N. The van der Waals surface area contributed by atoms with Crippen LogP contribution in [-0.2, 0) is 0 Å². The molecule has 0 aliphatic heterocycles. The molecule has 1 aromatic rings. The highest BCUT2D eigenvalue weighted by molar-refractivity contribution is 6.08. The summed E-state index contributed by atoms with van der Waals surface area (Å²) in [7, 11) is 0. The Hall–Kier alpha value is -1.63. The van der Waals surface area contributed by atoms with Crippen molar-refractivity contribution in [2.75, 3.05) is 0 Å². The van der Waals surface area contributed by atoms with Gasteiger partial charge < -0.3 is 0 Å². The van der Waals surface area contributed by atoms with Crippen molar-refractivity contribution < 1.29 is 0 Å². The van der Waals surface area contributed by atoms with Crippen LogP contribution in [0.25, 0.3) is 0 Å². The molecule has 0 saturated heterocycles.